The van der Waals surface area contributed by atoms with E-state index in [2.05, 4.69) is 4.98 Å². The highest BCUT2D eigenvalue weighted by Gasteiger charge is 2.07. The van der Waals surface area contributed by atoms with Crippen LogP contribution >= 0.6 is 23.2 Å². The summed E-state index contributed by atoms with van der Waals surface area (Å²) in [5.41, 5.74) is 0.827. The maximum absolute atomic E-state index is 11.7. The van der Waals surface area contributed by atoms with Gasteiger partial charge in [0.25, 0.3) is 0 Å². The Morgan fingerprint density at radius 2 is 2.12 bits per heavy atom. The summed E-state index contributed by atoms with van der Waals surface area (Å²) in [6.45, 7) is 0. The Labute approximate surface area is 103 Å². The highest BCUT2D eigenvalue weighted by atomic mass is 35.5. The number of halogens is 2. The summed E-state index contributed by atoms with van der Waals surface area (Å²) in [7, 11) is 0. The summed E-state index contributed by atoms with van der Waals surface area (Å²) in [5, 5.41) is 0.943. The van der Waals surface area contributed by atoms with Crippen LogP contribution in [-0.2, 0) is 6.42 Å². The molecule has 2 rings (SSSR count). The summed E-state index contributed by atoms with van der Waals surface area (Å²) in [5.74, 6) is -0.0594. The van der Waals surface area contributed by atoms with Gasteiger partial charge in [-0.3, -0.25) is 9.36 Å². The molecule has 0 unspecified atom stereocenters. The molecule has 3 nitrogen and oxygen atoms in total. The minimum Gasteiger partial charge on any atom is -0.276 e. The first-order valence-corrected chi connectivity index (χ1v) is 5.37. The fraction of sp³-hybridized carbons (Fsp3) is 0.0909. The highest BCUT2D eigenvalue weighted by Crippen LogP contribution is 2.22. The SMILES string of the molecule is O=C(Cc1ccc(Cl)c(Cl)c1)n1ccnc1. The van der Waals surface area contributed by atoms with E-state index in [1.807, 2.05) is 0 Å². The van der Waals surface area contributed by atoms with Gasteiger partial charge < -0.3 is 0 Å². The number of aromatic nitrogens is 2. The lowest BCUT2D eigenvalue weighted by molar-refractivity contribution is 0.0914. The van der Waals surface area contributed by atoms with Gasteiger partial charge in [-0.1, -0.05) is 29.3 Å². The number of carbonyl (C=O) groups is 1. The van der Waals surface area contributed by atoms with E-state index in [0.29, 0.717) is 10.0 Å². The van der Waals surface area contributed by atoms with Crippen LogP contribution in [0.15, 0.2) is 36.9 Å². The summed E-state index contributed by atoms with van der Waals surface area (Å²) in [4.78, 5) is 15.5. The molecule has 82 valence electrons. The molecule has 0 atom stereocenters. The van der Waals surface area contributed by atoms with Crippen molar-refractivity contribution in [2.45, 2.75) is 6.42 Å². The summed E-state index contributed by atoms with van der Waals surface area (Å²) in [6.07, 6.45) is 4.92. The molecule has 0 aliphatic carbocycles. The Morgan fingerprint density at radius 1 is 1.31 bits per heavy atom. The van der Waals surface area contributed by atoms with Crippen LogP contribution < -0.4 is 0 Å². The molecule has 5 heteroatoms. The minimum absolute atomic E-state index is 0.0594. The van der Waals surface area contributed by atoms with E-state index in [1.54, 1.807) is 30.6 Å². The van der Waals surface area contributed by atoms with Crippen LogP contribution in [0.5, 0.6) is 0 Å². The number of carbonyl (C=O) groups excluding carboxylic acids is 1. The second-order valence-electron chi connectivity index (χ2n) is 3.29. The van der Waals surface area contributed by atoms with Crippen LogP contribution in [0.4, 0.5) is 0 Å². The highest BCUT2D eigenvalue weighted by molar-refractivity contribution is 6.42. The van der Waals surface area contributed by atoms with Crippen LogP contribution in [0, 0.1) is 0 Å². The molecule has 0 bridgehead atoms. The van der Waals surface area contributed by atoms with Crippen LogP contribution in [0.25, 0.3) is 0 Å². The zero-order valence-corrected chi connectivity index (χ0v) is 9.74. The Bertz CT molecular complexity index is 509. The quantitative estimate of drug-likeness (QED) is 0.826. The van der Waals surface area contributed by atoms with Gasteiger partial charge in [0.05, 0.1) is 16.5 Å². The zero-order chi connectivity index (χ0) is 11.5. The maximum atomic E-state index is 11.7. The molecule has 16 heavy (non-hydrogen) atoms. The summed E-state index contributed by atoms with van der Waals surface area (Å²) < 4.78 is 1.43. The molecule has 0 radical (unpaired) electrons. The second-order valence-corrected chi connectivity index (χ2v) is 4.10. The molecule has 1 aromatic heterocycles. The molecule has 0 amide bonds. The third-order valence-electron chi connectivity index (χ3n) is 2.13. The topological polar surface area (TPSA) is 34.9 Å². The van der Waals surface area contributed by atoms with Gasteiger partial charge in [0, 0.05) is 12.4 Å². The third kappa shape index (κ3) is 2.43. The summed E-state index contributed by atoms with van der Waals surface area (Å²) in [6, 6.07) is 5.15. The molecule has 0 N–H and O–H groups in total. The standard InChI is InChI=1S/C11H8Cl2N2O/c12-9-2-1-8(5-10(9)13)6-11(16)15-4-3-14-7-15/h1-5,7H,6H2. The van der Waals surface area contributed by atoms with Gasteiger partial charge in [-0.2, -0.15) is 0 Å². The van der Waals surface area contributed by atoms with Gasteiger partial charge in [0.1, 0.15) is 6.33 Å². The Morgan fingerprint density at radius 3 is 2.75 bits per heavy atom. The van der Waals surface area contributed by atoms with Crippen molar-refractivity contribution < 1.29 is 4.79 Å². The number of hydrogen-bond acceptors (Lipinski definition) is 2. The van der Waals surface area contributed by atoms with Crippen LogP contribution in [0.1, 0.15) is 10.4 Å². The van der Waals surface area contributed by atoms with E-state index < -0.39 is 0 Å². The van der Waals surface area contributed by atoms with Gasteiger partial charge in [-0.25, -0.2) is 4.98 Å². The average molecular weight is 255 g/mol. The van der Waals surface area contributed by atoms with E-state index in [9.17, 15) is 4.79 Å². The first-order valence-electron chi connectivity index (χ1n) is 4.62. The fourth-order valence-electron chi connectivity index (χ4n) is 1.32. The van der Waals surface area contributed by atoms with Crippen LogP contribution in [0.2, 0.25) is 10.0 Å². The zero-order valence-electron chi connectivity index (χ0n) is 8.23. The van der Waals surface area contributed by atoms with Crippen molar-refractivity contribution >= 4 is 29.1 Å². The van der Waals surface area contributed by atoms with Crippen molar-refractivity contribution in [3.63, 3.8) is 0 Å². The number of imidazole rings is 1. The molecule has 0 aliphatic rings. The Hall–Kier alpha value is -1.32. The number of benzene rings is 1. The molecular weight excluding hydrogens is 247 g/mol. The van der Waals surface area contributed by atoms with E-state index in [1.165, 1.54) is 10.9 Å². The number of nitrogens with zero attached hydrogens (tertiary/aromatic N) is 2. The first kappa shape index (κ1) is 11.2. The molecule has 0 fully saturated rings. The van der Waals surface area contributed by atoms with Crippen molar-refractivity contribution in [2.75, 3.05) is 0 Å². The van der Waals surface area contributed by atoms with Crippen molar-refractivity contribution in [1.82, 2.24) is 9.55 Å². The molecule has 1 heterocycles. The number of hydrogen-bond donors (Lipinski definition) is 0. The van der Waals surface area contributed by atoms with Crippen LogP contribution in [0.3, 0.4) is 0 Å². The van der Waals surface area contributed by atoms with Gasteiger partial charge in [-0.15, -0.1) is 0 Å². The van der Waals surface area contributed by atoms with Crippen molar-refractivity contribution in [3.8, 4) is 0 Å². The number of rotatable bonds is 2. The molecule has 2 aromatic rings. The second kappa shape index (κ2) is 4.68. The van der Waals surface area contributed by atoms with Gasteiger partial charge in [0.2, 0.25) is 5.91 Å². The molecule has 0 saturated carbocycles. The lowest BCUT2D eigenvalue weighted by atomic mass is 10.1. The van der Waals surface area contributed by atoms with E-state index >= 15 is 0 Å². The van der Waals surface area contributed by atoms with Gasteiger partial charge in [0.15, 0.2) is 0 Å². The predicted molar refractivity (Wildman–Crippen MR) is 63.0 cm³/mol. The molecule has 1 aromatic carbocycles. The molecule has 0 saturated heterocycles. The van der Waals surface area contributed by atoms with Gasteiger partial charge in [-0.05, 0) is 17.7 Å². The maximum Gasteiger partial charge on any atom is 0.236 e. The lowest BCUT2D eigenvalue weighted by Gasteiger charge is -2.03. The van der Waals surface area contributed by atoms with E-state index in [4.69, 9.17) is 23.2 Å². The third-order valence-corrected chi connectivity index (χ3v) is 2.87. The van der Waals surface area contributed by atoms with Crippen LogP contribution in [-0.4, -0.2) is 15.5 Å². The first-order chi connectivity index (χ1) is 7.66. The van der Waals surface area contributed by atoms with Crippen molar-refractivity contribution in [2.24, 2.45) is 0 Å². The van der Waals surface area contributed by atoms with Crippen molar-refractivity contribution in [3.05, 3.63) is 52.5 Å². The Balaban J connectivity index is 2.15. The molecule has 0 aliphatic heterocycles. The average Bonchev–Trinajstić information content (AvgIpc) is 2.77. The Kier molecular flexibility index (Phi) is 3.27. The van der Waals surface area contributed by atoms with E-state index in [-0.39, 0.29) is 12.3 Å². The van der Waals surface area contributed by atoms with Crippen molar-refractivity contribution in [1.29, 1.82) is 0 Å². The smallest absolute Gasteiger partial charge is 0.236 e. The largest absolute Gasteiger partial charge is 0.276 e. The van der Waals surface area contributed by atoms with E-state index in [0.717, 1.165) is 5.56 Å². The van der Waals surface area contributed by atoms with Gasteiger partial charge >= 0.3 is 0 Å². The predicted octanol–water partition coefficient (Wildman–Crippen LogP) is 3.07. The normalized spacial score (nSPS) is 10.4. The minimum atomic E-state index is -0.0594. The molecular formula is C11H8Cl2N2O. The molecule has 0 spiro atoms. The summed E-state index contributed by atoms with van der Waals surface area (Å²) >= 11 is 11.6. The fourth-order valence-corrected chi connectivity index (χ4v) is 1.64. The lowest BCUT2D eigenvalue weighted by Crippen LogP contribution is -2.11. The monoisotopic (exact) mass is 254 g/mol.